The number of hydrogen-bond donors (Lipinski definition) is 1. The van der Waals surface area contributed by atoms with Gasteiger partial charge in [0.05, 0.1) is 17.2 Å². The zero-order valence-corrected chi connectivity index (χ0v) is 16.6. The third-order valence-electron chi connectivity index (χ3n) is 4.20. The summed E-state index contributed by atoms with van der Waals surface area (Å²) in [7, 11) is 3.44. The molecular formula is C20H22N4O2S. The summed E-state index contributed by atoms with van der Waals surface area (Å²) in [6.07, 6.45) is 1.88. The van der Waals surface area contributed by atoms with E-state index in [0.29, 0.717) is 11.4 Å². The molecule has 3 rings (SSSR count). The predicted molar refractivity (Wildman–Crippen MR) is 108 cm³/mol. The lowest BCUT2D eigenvalue weighted by molar-refractivity contribution is -0.116. The van der Waals surface area contributed by atoms with E-state index < -0.39 is 0 Å². The minimum atomic E-state index is -0.237. The van der Waals surface area contributed by atoms with Gasteiger partial charge in [-0.15, -0.1) is 11.3 Å². The van der Waals surface area contributed by atoms with Crippen molar-refractivity contribution in [1.82, 2.24) is 14.5 Å². The van der Waals surface area contributed by atoms with Crippen LogP contribution in [-0.2, 0) is 11.8 Å². The number of aryl methyl sites for hydroxylation is 3. The van der Waals surface area contributed by atoms with Crippen LogP contribution in [0.2, 0.25) is 0 Å². The lowest BCUT2D eigenvalue weighted by atomic mass is 10.2. The molecule has 0 saturated heterocycles. The summed E-state index contributed by atoms with van der Waals surface area (Å²) in [5.41, 5.74) is 4.09. The summed E-state index contributed by atoms with van der Waals surface area (Å²) in [4.78, 5) is 30.9. The van der Waals surface area contributed by atoms with E-state index in [0.717, 1.165) is 21.8 Å². The number of carbonyl (C=O) groups is 2. The fraction of sp³-hybridized carbons (Fsp3) is 0.250. The first-order valence-electron chi connectivity index (χ1n) is 8.54. The molecule has 0 aliphatic heterocycles. The van der Waals surface area contributed by atoms with Crippen LogP contribution >= 0.6 is 11.3 Å². The van der Waals surface area contributed by atoms with Gasteiger partial charge >= 0.3 is 0 Å². The van der Waals surface area contributed by atoms with Crippen molar-refractivity contribution in [2.24, 2.45) is 7.05 Å². The van der Waals surface area contributed by atoms with Crippen LogP contribution in [0.4, 0.5) is 5.69 Å². The standard InChI is InChI=1S/C20H22N4O2S/c1-13-5-7-16(8-6-13)22-19(25)11-24(4)20(26)18-9-15(10-23(18)3)17-12-27-14(2)21-17/h5-10,12H,11H2,1-4H3,(H,22,25). The molecule has 0 aliphatic carbocycles. The number of thiazole rings is 1. The molecule has 3 aromatic rings. The van der Waals surface area contributed by atoms with E-state index in [-0.39, 0.29) is 18.4 Å². The van der Waals surface area contributed by atoms with Crippen molar-refractivity contribution in [3.8, 4) is 11.3 Å². The van der Waals surface area contributed by atoms with E-state index in [1.54, 1.807) is 23.0 Å². The number of hydrogen-bond acceptors (Lipinski definition) is 4. The molecular weight excluding hydrogens is 360 g/mol. The van der Waals surface area contributed by atoms with Gasteiger partial charge in [-0.05, 0) is 32.0 Å². The van der Waals surface area contributed by atoms with Gasteiger partial charge < -0.3 is 14.8 Å². The molecule has 0 bridgehead atoms. The summed E-state index contributed by atoms with van der Waals surface area (Å²) in [5, 5.41) is 5.75. The van der Waals surface area contributed by atoms with Gasteiger partial charge in [0.1, 0.15) is 5.69 Å². The van der Waals surface area contributed by atoms with Crippen molar-refractivity contribution < 1.29 is 9.59 Å². The molecule has 6 nitrogen and oxygen atoms in total. The third-order valence-corrected chi connectivity index (χ3v) is 4.98. The quantitative estimate of drug-likeness (QED) is 0.735. The minimum absolute atomic E-state index is 0.0248. The zero-order chi connectivity index (χ0) is 19.6. The molecule has 140 valence electrons. The van der Waals surface area contributed by atoms with Crippen LogP contribution in [0.5, 0.6) is 0 Å². The molecule has 2 heterocycles. The van der Waals surface area contributed by atoms with E-state index in [1.165, 1.54) is 4.90 Å². The highest BCUT2D eigenvalue weighted by molar-refractivity contribution is 7.09. The van der Waals surface area contributed by atoms with Gasteiger partial charge in [0, 0.05) is 36.9 Å². The lowest BCUT2D eigenvalue weighted by Crippen LogP contribution is -2.35. The van der Waals surface area contributed by atoms with Gasteiger partial charge in [-0.3, -0.25) is 9.59 Å². The van der Waals surface area contributed by atoms with Crippen molar-refractivity contribution in [1.29, 1.82) is 0 Å². The monoisotopic (exact) mass is 382 g/mol. The van der Waals surface area contributed by atoms with Crippen molar-refractivity contribution in [2.45, 2.75) is 13.8 Å². The Labute approximate surface area is 162 Å². The van der Waals surface area contributed by atoms with Gasteiger partial charge in [0.2, 0.25) is 5.91 Å². The maximum atomic E-state index is 12.8. The van der Waals surface area contributed by atoms with Gasteiger partial charge in [0.15, 0.2) is 0 Å². The van der Waals surface area contributed by atoms with Crippen LogP contribution in [-0.4, -0.2) is 39.9 Å². The van der Waals surface area contributed by atoms with Gasteiger partial charge in [0.25, 0.3) is 5.91 Å². The van der Waals surface area contributed by atoms with Gasteiger partial charge in [-0.25, -0.2) is 4.98 Å². The van der Waals surface area contributed by atoms with Crippen molar-refractivity contribution in [3.63, 3.8) is 0 Å². The van der Waals surface area contributed by atoms with Crippen LogP contribution in [0.3, 0.4) is 0 Å². The molecule has 2 amide bonds. The average molecular weight is 382 g/mol. The molecule has 0 aliphatic rings. The third kappa shape index (κ3) is 4.43. The second-order valence-corrected chi connectivity index (χ2v) is 7.61. The Hall–Kier alpha value is -2.93. The smallest absolute Gasteiger partial charge is 0.270 e. The first-order chi connectivity index (χ1) is 12.8. The van der Waals surface area contributed by atoms with Crippen LogP contribution in [0.15, 0.2) is 41.9 Å². The minimum Gasteiger partial charge on any atom is -0.346 e. The Bertz CT molecular complexity index is 972. The van der Waals surface area contributed by atoms with E-state index in [2.05, 4.69) is 10.3 Å². The van der Waals surface area contributed by atoms with Gasteiger partial charge in [-0.1, -0.05) is 17.7 Å². The number of aromatic nitrogens is 2. The highest BCUT2D eigenvalue weighted by atomic mass is 32.1. The number of anilines is 1. The Morgan fingerprint density at radius 3 is 2.56 bits per heavy atom. The van der Waals surface area contributed by atoms with E-state index in [4.69, 9.17) is 0 Å². The summed E-state index contributed by atoms with van der Waals surface area (Å²) in [6.45, 7) is 3.91. The summed E-state index contributed by atoms with van der Waals surface area (Å²) >= 11 is 1.57. The molecule has 0 radical (unpaired) electrons. The predicted octanol–water partition coefficient (Wildman–Crippen LogP) is 3.48. The molecule has 2 aromatic heterocycles. The van der Waals surface area contributed by atoms with Gasteiger partial charge in [-0.2, -0.15) is 0 Å². The molecule has 0 spiro atoms. The molecule has 1 aromatic carbocycles. The second-order valence-electron chi connectivity index (χ2n) is 6.55. The summed E-state index contributed by atoms with van der Waals surface area (Å²) in [5.74, 6) is -0.450. The van der Waals surface area contributed by atoms with Crippen LogP contribution in [0, 0.1) is 13.8 Å². The first-order valence-corrected chi connectivity index (χ1v) is 9.42. The normalized spacial score (nSPS) is 10.7. The number of benzene rings is 1. The number of amides is 2. The van der Waals surface area contributed by atoms with E-state index >= 15 is 0 Å². The average Bonchev–Trinajstić information content (AvgIpc) is 3.22. The molecule has 7 heteroatoms. The number of nitrogens with one attached hydrogen (secondary N) is 1. The Balaban J connectivity index is 1.67. The Morgan fingerprint density at radius 2 is 1.93 bits per heavy atom. The first kappa shape index (κ1) is 18.8. The number of rotatable bonds is 5. The zero-order valence-electron chi connectivity index (χ0n) is 15.8. The molecule has 0 atom stereocenters. The highest BCUT2D eigenvalue weighted by Crippen LogP contribution is 2.24. The number of likely N-dealkylation sites (N-methyl/N-ethyl adjacent to an activating group) is 1. The molecule has 0 unspecified atom stereocenters. The number of nitrogens with zero attached hydrogens (tertiary/aromatic N) is 3. The Kier molecular flexibility index (Phi) is 5.41. The van der Waals surface area contributed by atoms with Crippen LogP contribution in [0.25, 0.3) is 11.3 Å². The SMILES string of the molecule is Cc1ccc(NC(=O)CN(C)C(=O)c2cc(-c3csc(C)n3)cn2C)cc1. The summed E-state index contributed by atoms with van der Waals surface area (Å²) < 4.78 is 1.76. The Morgan fingerprint density at radius 1 is 1.22 bits per heavy atom. The van der Waals surface area contributed by atoms with E-state index in [9.17, 15) is 9.59 Å². The highest BCUT2D eigenvalue weighted by Gasteiger charge is 2.19. The molecule has 1 N–H and O–H groups in total. The fourth-order valence-electron chi connectivity index (χ4n) is 2.73. The topological polar surface area (TPSA) is 67.2 Å². The molecule has 27 heavy (non-hydrogen) atoms. The van der Waals surface area contributed by atoms with E-state index in [1.807, 2.05) is 62.8 Å². The molecule has 0 saturated carbocycles. The lowest BCUT2D eigenvalue weighted by Gasteiger charge is -2.17. The molecule has 0 fully saturated rings. The summed E-state index contributed by atoms with van der Waals surface area (Å²) in [6, 6.07) is 9.35. The van der Waals surface area contributed by atoms with Crippen molar-refractivity contribution >= 4 is 28.8 Å². The fourth-order valence-corrected chi connectivity index (χ4v) is 3.36. The second kappa shape index (κ2) is 7.75. The largest absolute Gasteiger partial charge is 0.346 e. The number of carbonyl (C=O) groups excluding carboxylic acids is 2. The maximum Gasteiger partial charge on any atom is 0.270 e. The van der Waals surface area contributed by atoms with Crippen molar-refractivity contribution in [3.05, 3.63) is 58.2 Å². The van der Waals surface area contributed by atoms with Crippen LogP contribution < -0.4 is 5.32 Å². The maximum absolute atomic E-state index is 12.8. The van der Waals surface area contributed by atoms with Crippen molar-refractivity contribution in [2.75, 3.05) is 18.9 Å². The van der Waals surface area contributed by atoms with Crippen LogP contribution in [0.1, 0.15) is 21.1 Å².